The van der Waals surface area contributed by atoms with Crippen molar-refractivity contribution < 1.29 is 23.9 Å². The Morgan fingerprint density at radius 3 is 2.08 bits per heavy atom. The number of hydrogen-bond acceptors (Lipinski definition) is 5. The molecule has 2 aliphatic carbocycles. The zero-order valence-electron chi connectivity index (χ0n) is 20.1. The van der Waals surface area contributed by atoms with Crippen LogP contribution in [0.1, 0.15) is 55.6 Å². The summed E-state index contributed by atoms with van der Waals surface area (Å²) in [5.74, 6) is 0.354. The van der Waals surface area contributed by atoms with Gasteiger partial charge in [0, 0.05) is 53.5 Å². The lowest BCUT2D eigenvalue weighted by atomic mass is 9.73. The lowest BCUT2D eigenvalue weighted by Crippen LogP contribution is -2.30. The summed E-state index contributed by atoms with van der Waals surface area (Å²) in [6.07, 6.45) is 3.52. The predicted molar refractivity (Wildman–Crippen MR) is 142 cm³/mol. The van der Waals surface area contributed by atoms with E-state index in [1.165, 1.54) is 0 Å². The van der Waals surface area contributed by atoms with Gasteiger partial charge in [-0.1, -0.05) is 40.9 Å². The number of carbonyl (C=O) groups is 3. The number of amides is 1. The van der Waals surface area contributed by atoms with Gasteiger partial charge in [-0.2, -0.15) is 0 Å². The molecule has 9 heteroatoms. The van der Waals surface area contributed by atoms with E-state index in [1.807, 2.05) is 6.92 Å². The number of halogens is 3. The van der Waals surface area contributed by atoms with Gasteiger partial charge in [-0.15, -0.1) is 0 Å². The maximum absolute atomic E-state index is 13.0. The van der Waals surface area contributed by atoms with E-state index in [2.05, 4.69) is 5.32 Å². The maximum Gasteiger partial charge on any atom is 0.262 e. The summed E-state index contributed by atoms with van der Waals surface area (Å²) in [4.78, 5) is 38.4. The van der Waals surface area contributed by atoms with Gasteiger partial charge in [-0.05, 0) is 55.2 Å². The lowest BCUT2D eigenvalue weighted by Gasteiger charge is -2.36. The van der Waals surface area contributed by atoms with Crippen molar-refractivity contribution in [3.63, 3.8) is 0 Å². The van der Waals surface area contributed by atoms with Gasteiger partial charge in [-0.3, -0.25) is 14.4 Å². The molecule has 1 aliphatic heterocycles. The van der Waals surface area contributed by atoms with E-state index in [1.54, 1.807) is 30.3 Å². The number of aryl methyl sites for hydroxylation is 1. The fraction of sp³-hybridized carbons (Fsp3) is 0.321. The largest absolute Gasteiger partial charge is 0.481 e. The van der Waals surface area contributed by atoms with Crippen molar-refractivity contribution in [2.24, 2.45) is 0 Å². The highest BCUT2D eigenvalue weighted by molar-refractivity contribution is 6.37. The van der Waals surface area contributed by atoms with Gasteiger partial charge in [0.2, 0.25) is 0 Å². The van der Waals surface area contributed by atoms with Crippen LogP contribution in [-0.2, 0) is 19.1 Å². The molecule has 0 saturated heterocycles. The third kappa shape index (κ3) is 5.15. The summed E-state index contributed by atoms with van der Waals surface area (Å²) in [6.45, 7) is 1.54. The third-order valence-electron chi connectivity index (χ3n) is 6.80. The van der Waals surface area contributed by atoms with E-state index in [4.69, 9.17) is 44.3 Å². The molecule has 6 nitrogen and oxygen atoms in total. The number of ketones is 2. The Balaban J connectivity index is 1.41. The Labute approximate surface area is 229 Å². The molecular formula is C28H24Cl3NO5. The number of carbonyl (C=O) groups excluding carboxylic acids is 3. The fourth-order valence-electron chi connectivity index (χ4n) is 5.04. The average molecular weight is 561 g/mol. The van der Waals surface area contributed by atoms with Crippen LogP contribution in [0.3, 0.4) is 0 Å². The van der Waals surface area contributed by atoms with E-state index in [9.17, 15) is 14.4 Å². The van der Waals surface area contributed by atoms with Gasteiger partial charge < -0.3 is 14.8 Å². The summed E-state index contributed by atoms with van der Waals surface area (Å²) in [5, 5.41) is 3.61. The van der Waals surface area contributed by atoms with Crippen LogP contribution >= 0.6 is 34.8 Å². The molecule has 2 aromatic rings. The van der Waals surface area contributed by atoms with E-state index in [-0.39, 0.29) is 34.0 Å². The lowest BCUT2D eigenvalue weighted by molar-refractivity contribution is -0.119. The highest BCUT2D eigenvalue weighted by Gasteiger charge is 2.42. The summed E-state index contributed by atoms with van der Waals surface area (Å²) >= 11 is 19.3. The van der Waals surface area contributed by atoms with Gasteiger partial charge in [-0.25, -0.2) is 0 Å². The van der Waals surface area contributed by atoms with Crippen molar-refractivity contribution in [1.82, 2.24) is 0 Å². The van der Waals surface area contributed by atoms with Crippen molar-refractivity contribution >= 4 is 58.0 Å². The monoisotopic (exact) mass is 559 g/mol. The molecule has 0 radical (unpaired) electrons. The number of anilines is 1. The molecule has 0 aromatic heterocycles. The van der Waals surface area contributed by atoms with Gasteiger partial charge in [0.05, 0.1) is 10.0 Å². The van der Waals surface area contributed by atoms with E-state index < -0.39 is 11.8 Å². The van der Waals surface area contributed by atoms with Gasteiger partial charge in [0.1, 0.15) is 11.5 Å². The molecule has 1 amide bonds. The average Bonchev–Trinajstić information content (AvgIpc) is 2.85. The van der Waals surface area contributed by atoms with Crippen molar-refractivity contribution in [2.75, 3.05) is 11.9 Å². The topological polar surface area (TPSA) is 81.7 Å². The van der Waals surface area contributed by atoms with Gasteiger partial charge in [0.25, 0.3) is 5.91 Å². The van der Waals surface area contributed by atoms with Crippen LogP contribution in [0.5, 0.6) is 5.75 Å². The number of nitrogens with one attached hydrogen (secondary N) is 1. The maximum atomic E-state index is 13.0. The minimum atomic E-state index is -0.585. The molecule has 1 N–H and O–H groups in total. The van der Waals surface area contributed by atoms with Crippen LogP contribution in [0.25, 0.3) is 0 Å². The minimum Gasteiger partial charge on any atom is -0.481 e. The number of allylic oxidation sites excluding steroid dienone is 4. The minimum absolute atomic E-state index is 0.0309. The van der Waals surface area contributed by atoms with Crippen LogP contribution in [0.4, 0.5) is 5.69 Å². The van der Waals surface area contributed by atoms with Crippen molar-refractivity contribution in [3.8, 4) is 5.75 Å². The fourth-order valence-corrected chi connectivity index (χ4v) is 5.83. The Morgan fingerprint density at radius 1 is 0.919 bits per heavy atom. The normalized spacial score (nSPS) is 17.8. The molecule has 0 unspecified atom stereocenters. The number of benzene rings is 2. The molecule has 0 atom stereocenters. The quantitative estimate of drug-likeness (QED) is 0.422. The van der Waals surface area contributed by atoms with E-state index in [0.29, 0.717) is 77.5 Å². The smallest absolute Gasteiger partial charge is 0.262 e. The van der Waals surface area contributed by atoms with Crippen LogP contribution in [0.15, 0.2) is 53.0 Å². The van der Waals surface area contributed by atoms with Gasteiger partial charge in [0.15, 0.2) is 23.9 Å². The van der Waals surface area contributed by atoms with E-state index in [0.717, 1.165) is 5.56 Å². The Kier molecular flexibility index (Phi) is 7.35. The summed E-state index contributed by atoms with van der Waals surface area (Å²) in [7, 11) is 0. The third-order valence-corrected chi connectivity index (χ3v) is 7.77. The molecule has 1 heterocycles. The van der Waals surface area contributed by atoms with Crippen LogP contribution < -0.4 is 10.1 Å². The molecule has 0 saturated carbocycles. The molecule has 0 bridgehead atoms. The highest BCUT2D eigenvalue weighted by Crippen LogP contribution is 2.49. The molecule has 5 rings (SSSR count). The zero-order chi connectivity index (χ0) is 26.3. The van der Waals surface area contributed by atoms with Crippen molar-refractivity contribution in [2.45, 2.75) is 51.4 Å². The number of Topliss-reactive ketones (excluding diaryl/α,β-unsaturated/α-hetero) is 2. The molecule has 3 aliphatic rings. The molecule has 0 spiro atoms. The molecule has 2 aromatic carbocycles. The summed E-state index contributed by atoms with van der Waals surface area (Å²) < 4.78 is 11.7. The van der Waals surface area contributed by atoms with Crippen molar-refractivity contribution in [1.29, 1.82) is 0 Å². The number of rotatable bonds is 5. The predicted octanol–water partition coefficient (Wildman–Crippen LogP) is 7.10. The number of hydrogen-bond donors (Lipinski definition) is 1. The van der Waals surface area contributed by atoms with Crippen LogP contribution in [0.2, 0.25) is 15.1 Å². The molecule has 37 heavy (non-hydrogen) atoms. The first-order chi connectivity index (χ1) is 17.7. The van der Waals surface area contributed by atoms with Crippen LogP contribution in [-0.4, -0.2) is 24.1 Å². The first-order valence-electron chi connectivity index (χ1n) is 12.1. The Morgan fingerprint density at radius 2 is 1.51 bits per heavy atom. The zero-order valence-corrected chi connectivity index (χ0v) is 22.4. The van der Waals surface area contributed by atoms with Crippen LogP contribution in [0, 0.1) is 6.92 Å². The summed E-state index contributed by atoms with van der Waals surface area (Å²) in [6, 6.07) is 8.50. The van der Waals surface area contributed by atoms with Gasteiger partial charge >= 0.3 is 0 Å². The number of ether oxygens (including phenoxy) is 2. The molecular weight excluding hydrogens is 537 g/mol. The summed E-state index contributed by atoms with van der Waals surface area (Å²) in [5.41, 5.74) is 3.08. The first kappa shape index (κ1) is 25.8. The highest BCUT2D eigenvalue weighted by atomic mass is 35.5. The van der Waals surface area contributed by atoms with Crippen molar-refractivity contribution in [3.05, 3.63) is 79.2 Å². The second kappa shape index (κ2) is 10.5. The first-order valence-corrected chi connectivity index (χ1v) is 13.2. The van der Waals surface area contributed by atoms with E-state index >= 15 is 0 Å². The standard InChI is InChI=1S/C28H24Cl3NO5/c1-14-8-9-16(12-17(14)29)32-24(35)13-36-28-18(30)10-15(11-19(28)31)25-26-20(33)4-2-6-22(26)37-23-7-3-5-21(34)27(23)25/h8-12,25H,2-7,13H2,1H3,(H,32,35). The second-order valence-electron chi connectivity index (χ2n) is 9.38. The Bertz CT molecular complexity index is 1330. The second-order valence-corrected chi connectivity index (χ2v) is 10.6. The molecule has 0 fully saturated rings. The SMILES string of the molecule is Cc1ccc(NC(=O)COc2c(Cl)cc(C3C4=C(CCCC4=O)OC4=C3C(=O)CCC4)cc2Cl)cc1Cl. The Hall–Kier alpha value is -2.80. The molecule has 192 valence electrons.